The molecule has 2 unspecified atom stereocenters. The Bertz CT molecular complexity index is 721. The zero-order valence-electron chi connectivity index (χ0n) is 11.0. The van der Waals surface area contributed by atoms with E-state index in [0.717, 1.165) is 0 Å². The van der Waals surface area contributed by atoms with Crippen LogP contribution in [0.25, 0.3) is 10.9 Å². The van der Waals surface area contributed by atoms with Gasteiger partial charge in [0.1, 0.15) is 12.2 Å². The summed E-state index contributed by atoms with van der Waals surface area (Å²) in [5, 5.41) is 31.5. The Morgan fingerprint density at radius 1 is 1.45 bits per heavy atom. The summed E-state index contributed by atoms with van der Waals surface area (Å²) in [5.41, 5.74) is 1.66. The summed E-state index contributed by atoms with van der Waals surface area (Å²) in [7, 11) is 1.38. The summed E-state index contributed by atoms with van der Waals surface area (Å²) in [5.74, 6) is 0.185. The molecule has 0 aliphatic carbocycles. The van der Waals surface area contributed by atoms with Crippen LogP contribution in [0.4, 0.5) is 5.69 Å². The quantitative estimate of drug-likeness (QED) is 0.637. The fourth-order valence-electron chi connectivity index (χ4n) is 3.01. The van der Waals surface area contributed by atoms with Gasteiger partial charge in [0.15, 0.2) is 5.75 Å². The molecule has 106 valence electrons. The van der Waals surface area contributed by atoms with E-state index < -0.39 is 17.1 Å². The summed E-state index contributed by atoms with van der Waals surface area (Å²) in [6, 6.07) is 3.24. The molecule has 0 radical (unpaired) electrons. The molecule has 7 nitrogen and oxygen atoms in total. The fourth-order valence-corrected chi connectivity index (χ4v) is 3.01. The van der Waals surface area contributed by atoms with Crippen LogP contribution in [0.5, 0.6) is 5.75 Å². The van der Waals surface area contributed by atoms with E-state index in [1.54, 1.807) is 17.6 Å². The van der Waals surface area contributed by atoms with Crippen LogP contribution in [-0.2, 0) is 6.54 Å². The highest BCUT2D eigenvalue weighted by Crippen LogP contribution is 2.43. The largest absolute Gasteiger partial charge is 0.490 e. The highest BCUT2D eigenvalue weighted by Gasteiger charge is 2.36. The van der Waals surface area contributed by atoms with Crippen LogP contribution in [0, 0.1) is 17.0 Å². The molecule has 2 N–H and O–H groups in total. The van der Waals surface area contributed by atoms with Gasteiger partial charge in [-0.3, -0.25) is 10.1 Å². The van der Waals surface area contributed by atoms with Crippen molar-refractivity contribution in [3.05, 3.63) is 33.5 Å². The molecule has 1 aromatic heterocycles. The van der Waals surface area contributed by atoms with Crippen molar-refractivity contribution in [3.63, 3.8) is 0 Å². The van der Waals surface area contributed by atoms with Crippen LogP contribution in [-0.4, -0.2) is 32.9 Å². The summed E-state index contributed by atoms with van der Waals surface area (Å²) in [6.07, 6.45) is -1.90. The number of nitro groups is 1. The molecular weight excluding hydrogens is 264 g/mol. The highest BCUT2D eigenvalue weighted by molar-refractivity contribution is 5.96. The third-order valence-corrected chi connectivity index (χ3v) is 3.88. The van der Waals surface area contributed by atoms with Crippen LogP contribution >= 0.6 is 0 Å². The number of aliphatic hydroxyl groups excluding tert-OH is 2. The first-order valence-corrected chi connectivity index (χ1v) is 6.17. The maximum atomic E-state index is 11.3. The molecule has 20 heavy (non-hydrogen) atoms. The van der Waals surface area contributed by atoms with Crippen molar-refractivity contribution in [1.82, 2.24) is 4.57 Å². The number of nitro benzene ring substituents is 1. The normalized spacial score (nSPS) is 21.2. The lowest BCUT2D eigenvalue weighted by atomic mass is 10.1. The van der Waals surface area contributed by atoms with E-state index in [2.05, 4.69) is 0 Å². The van der Waals surface area contributed by atoms with Crippen molar-refractivity contribution in [2.45, 2.75) is 25.7 Å². The number of nitrogens with zero attached hydrogens (tertiary/aromatic N) is 2. The molecule has 7 heteroatoms. The molecule has 1 aliphatic rings. The monoisotopic (exact) mass is 278 g/mol. The van der Waals surface area contributed by atoms with Crippen LogP contribution in [0.3, 0.4) is 0 Å². The van der Waals surface area contributed by atoms with Crippen LogP contribution in [0.15, 0.2) is 12.1 Å². The SMILES string of the molecule is COc1ccc2c(c(C)c3n2CC(O)C3O)c1[N+](=O)[O-]. The maximum Gasteiger partial charge on any atom is 0.320 e. The van der Waals surface area contributed by atoms with Crippen molar-refractivity contribution >= 4 is 16.6 Å². The number of aromatic nitrogens is 1. The predicted molar refractivity (Wildman–Crippen MR) is 70.8 cm³/mol. The number of hydrogen-bond donors (Lipinski definition) is 2. The summed E-state index contributed by atoms with van der Waals surface area (Å²) in [4.78, 5) is 10.8. The number of fused-ring (bicyclic) bond motifs is 3. The first-order valence-electron chi connectivity index (χ1n) is 6.17. The molecule has 0 spiro atoms. The van der Waals surface area contributed by atoms with E-state index in [0.29, 0.717) is 22.2 Å². The van der Waals surface area contributed by atoms with Gasteiger partial charge < -0.3 is 19.5 Å². The highest BCUT2D eigenvalue weighted by atomic mass is 16.6. The van der Waals surface area contributed by atoms with Gasteiger partial charge in [-0.2, -0.15) is 0 Å². The lowest BCUT2D eigenvalue weighted by molar-refractivity contribution is -0.384. The van der Waals surface area contributed by atoms with E-state index in [4.69, 9.17) is 4.74 Å². The second kappa shape index (κ2) is 4.19. The second-order valence-electron chi connectivity index (χ2n) is 4.90. The molecule has 0 fully saturated rings. The first-order chi connectivity index (χ1) is 9.47. The van der Waals surface area contributed by atoms with Crippen LogP contribution in [0.1, 0.15) is 17.4 Å². The molecule has 1 aromatic carbocycles. The van der Waals surface area contributed by atoms with Gasteiger partial charge in [0.2, 0.25) is 0 Å². The van der Waals surface area contributed by atoms with Gasteiger partial charge in [0.05, 0.1) is 35.2 Å². The third kappa shape index (κ3) is 1.47. The molecule has 0 saturated heterocycles. The minimum absolute atomic E-state index is 0.105. The molecule has 1 aliphatic heterocycles. The van der Waals surface area contributed by atoms with Gasteiger partial charge in [-0.25, -0.2) is 0 Å². The van der Waals surface area contributed by atoms with Gasteiger partial charge in [-0.05, 0) is 24.6 Å². The van der Waals surface area contributed by atoms with Gasteiger partial charge in [0, 0.05) is 0 Å². The predicted octanol–water partition coefficient (Wildman–Crippen LogP) is 1.27. The standard InChI is InChI=1S/C13H14N2O5/c1-6-10-7(14-5-8(16)13(17)11(6)14)3-4-9(20-2)12(10)15(18)19/h3-4,8,13,16-17H,5H2,1-2H3. The molecule has 2 aromatic rings. The Kier molecular flexibility index (Phi) is 2.70. The molecule has 2 heterocycles. The van der Waals surface area contributed by atoms with Crippen molar-refractivity contribution < 1.29 is 19.9 Å². The smallest absolute Gasteiger partial charge is 0.320 e. The number of rotatable bonds is 2. The molecule has 3 rings (SSSR count). The summed E-state index contributed by atoms with van der Waals surface area (Å²) in [6.45, 7) is 1.94. The Balaban J connectivity index is 2.42. The summed E-state index contributed by atoms with van der Waals surface area (Å²) >= 11 is 0. The van der Waals surface area contributed by atoms with E-state index in [-0.39, 0.29) is 18.0 Å². The second-order valence-corrected chi connectivity index (χ2v) is 4.90. The molecular formula is C13H14N2O5. The minimum Gasteiger partial charge on any atom is -0.490 e. The molecule has 2 atom stereocenters. The van der Waals surface area contributed by atoms with Crippen LogP contribution in [0.2, 0.25) is 0 Å². The molecule has 0 amide bonds. The number of ether oxygens (including phenoxy) is 1. The van der Waals surface area contributed by atoms with E-state index >= 15 is 0 Å². The van der Waals surface area contributed by atoms with Crippen molar-refractivity contribution in [2.75, 3.05) is 7.11 Å². The van der Waals surface area contributed by atoms with Gasteiger partial charge >= 0.3 is 5.69 Å². The third-order valence-electron chi connectivity index (χ3n) is 3.88. The molecule has 0 saturated carbocycles. The van der Waals surface area contributed by atoms with E-state index in [9.17, 15) is 20.3 Å². The Hall–Kier alpha value is -2.12. The number of aliphatic hydroxyl groups is 2. The lowest BCUT2D eigenvalue weighted by Gasteiger charge is -2.08. The van der Waals surface area contributed by atoms with Crippen LogP contribution < -0.4 is 4.74 Å². The zero-order chi connectivity index (χ0) is 14.6. The topological polar surface area (TPSA) is 97.8 Å². The maximum absolute atomic E-state index is 11.3. The number of hydrogen-bond acceptors (Lipinski definition) is 5. The van der Waals surface area contributed by atoms with Gasteiger partial charge in [-0.1, -0.05) is 0 Å². The van der Waals surface area contributed by atoms with Gasteiger partial charge in [-0.15, -0.1) is 0 Å². The van der Waals surface area contributed by atoms with Crippen molar-refractivity contribution in [2.24, 2.45) is 0 Å². The first kappa shape index (κ1) is 12.9. The Morgan fingerprint density at radius 3 is 2.75 bits per heavy atom. The zero-order valence-corrected chi connectivity index (χ0v) is 11.0. The van der Waals surface area contributed by atoms with Crippen molar-refractivity contribution in [1.29, 1.82) is 0 Å². The minimum atomic E-state index is -1.02. The van der Waals surface area contributed by atoms with Gasteiger partial charge in [0.25, 0.3) is 0 Å². The van der Waals surface area contributed by atoms with Crippen molar-refractivity contribution in [3.8, 4) is 5.75 Å². The average Bonchev–Trinajstić information content (AvgIpc) is 2.86. The Labute approximate surface area is 114 Å². The van der Waals surface area contributed by atoms with E-state index in [1.165, 1.54) is 13.2 Å². The summed E-state index contributed by atoms with van der Waals surface area (Å²) < 4.78 is 6.78. The average molecular weight is 278 g/mol. The van der Waals surface area contributed by atoms with E-state index in [1.807, 2.05) is 0 Å². The number of benzene rings is 1. The number of aryl methyl sites for hydroxylation is 1. The molecule has 0 bridgehead atoms. The fraction of sp³-hybridized carbons (Fsp3) is 0.385. The number of methoxy groups -OCH3 is 1. The lowest BCUT2D eigenvalue weighted by Crippen LogP contribution is -2.13. The Morgan fingerprint density at radius 2 is 2.15 bits per heavy atom.